The van der Waals surface area contributed by atoms with Gasteiger partial charge < -0.3 is 4.90 Å². The van der Waals surface area contributed by atoms with Crippen LogP contribution in [0.2, 0.25) is 0 Å². The van der Waals surface area contributed by atoms with Crippen molar-refractivity contribution in [3.05, 3.63) is 60.4 Å². The van der Waals surface area contributed by atoms with Crippen LogP contribution < -0.4 is 0 Å². The molecule has 7 nitrogen and oxygen atoms in total. The third-order valence-electron chi connectivity index (χ3n) is 3.88. The van der Waals surface area contributed by atoms with Crippen LogP contribution in [0.5, 0.6) is 0 Å². The van der Waals surface area contributed by atoms with Crippen molar-refractivity contribution in [2.24, 2.45) is 7.05 Å². The summed E-state index contributed by atoms with van der Waals surface area (Å²) in [6, 6.07) is 3.71. The van der Waals surface area contributed by atoms with Crippen molar-refractivity contribution in [1.29, 1.82) is 0 Å². The molecule has 0 aliphatic heterocycles. The van der Waals surface area contributed by atoms with Crippen LogP contribution in [0.25, 0.3) is 11.4 Å². The summed E-state index contributed by atoms with van der Waals surface area (Å²) < 4.78 is 1.78. The third-order valence-corrected chi connectivity index (χ3v) is 3.88. The predicted octanol–water partition coefficient (Wildman–Crippen LogP) is 1.98. The molecule has 3 heterocycles. The van der Waals surface area contributed by atoms with Crippen molar-refractivity contribution < 1.29 is 4.79 Å². The fraction of sp³-hybridized carbons (Fsp3) is 0.278. The minimum Gasteiger partial charge on any atom is -0.342 e. The minimum atomic E-state index is -0.0797. The van der Waals surface area contributed by atoms with Crippen LogP contribution in [0.3, 0.4) is 0 Å². The second kappa shape index (κ2) is 7.65. The standard InChI is InChI=1S/C18H20N6O/c1-23(8-4-5-14-9-22-24(2)13-14)18(25)16-11-20-17(21-12-16)15-6-3-7-19-10-15/h3,6-7,9-13H,4-5,8H2,1-2H3. The summed E-state index contributed by atoms with van der Waals surface area (Å²) in [6.45, 7) is 0.665. The number of amides is 1. The molecule has 0 saturated carbocycles. The first-order valence-electron chi connectivity index (χ1n) is 8.09. The Morgan fingerprint density at radius 1 is 1.20 bits per heavy atom. The molecule has 0 aromatic carbocycles. The summed E-state index contributed by atoms with van der Waals surface area (Å²) in [5.41, 5.74) is 2.48. The van der Waals surface area contributed by atoms with Crippen LogP contribution >= 0.6 is 0 Å². The van der Waals surface area contributed by atoms with Gasteiger partial charge in [0.25, 0.3) is 5.91 Å². The summed E-state index contributed by atoms with van der Waals surface area (Å²) in [5, 5.41) is 4.15. The van der Waals surface area contributed by atoms with Gasteiger partial charge in [0.15, 0.2) is 5.82 Å². The van der Waals surface area contributed by atoms with Crippen molar-refractivity contribution in [1.82, 2.24) is 29.6 Å². The Hall–Kier alpha value is -3.09. The average molecular weight is 336 g/mol. The van der Waals surface area contributed by atoms with Gasteiger partial charge in [0.2, 0.25) is 0 Å². The molecule has 0 unspecified atom stereocenters. The number of aryl methyl sites for hydroxylation is 2. The number of aromatic nitrogens is 5. The lowest BCUT2D eigenvalue weighted by Crippen LogP contribution is -2.28. The second-order valence-corrected chi connectivity index (χ2v) is 5.89. The van der Waals surface area contributed by atoms with E-state index in [-0.39, 0.29) is 5.91 Å². The number of nitrogens with zero attached hydrogens (tertiary/aromatic N) is 6. The first-order valence-corrected chi connectivity index (χ1v) is 8.09. The highest BCUT2D eigenvalue weighted by Gasteiger charge is 2.13. The molecule has 0 fully saturated rings. The molecule has 1 amide bonds. The number of rotatable bonds is 6. The first kappa shape index (κ1) is 16.8. The lowest BCUT2D eigenvalue weighted by molar-refractivity contribution is 0.0792. The summed E-state index contributed by atoms with van der Waals surface area (Å²) in [4.78, 5) is 26.7. The maximum absolute atomic E-state index is 12.5. The van der Waals surface area contributed by atoms with E-state index < -0.39 is 0 Å². The van der Waals surface area contributed by atoms with Gasteiger partial charge in [-0.3, -0.25) is 14.5 Å². The third kappa shape index (κ3) is 4.26. The summed E-state index contributed by atoms with van der Waals surface area (Å²) in [7, 11) is 3.69. The Morgan fingerprint density at radius 3 is 2.64 bits per heavy atom. The van der Waals surface area contributed by atoms with Gasteiger partial charge in [-0.25, -0.2) is 9.97 Å². The molecule has 7 heteroatoms. The number of hydrogen-bond donors (Lipinski definition) is 0. The zero-order valence-corrected chi connectivity index (χ0v) is 14.3. The van der Waals surface area contributed by atoms with Crippen LogP contribution in [0.1, 0.15) is 22.3 Å². The fourth-order valence-corrected chi connectivity index (χ4v) is 2.53. The van der Waals surface area contributed by atoms with Crippen LogP contribution in [0.15, 0.2) is 49.3 Å². The first-order chi connectivity index (χ1) is 12.1. The molecular weight excluding hydrogens is 316 g/mol. The van der Waals surface area contributed by atoms with E-state index in [4.69, 9.17) is 0 Å². The molecule has 0 saturated heterocycles. The Bertz CT molecular complexity index is 828. The molecule has 3 aromatic heterocycles. The SMILES string of the molecule is CN(CCCc1cnn(C)c1)C(=O)c1cnc(-c2cccnc2)nc1. The number of pyridine rings is 1. The maximum atomic E-state index is 12.5. The topological polar surface area (TPSA) is 76.8 Å². The number of carbonyl (C=O) groups excluding carboxylic acids is 1. The highest BCUT2D eigenvalue weighted by molar-refractivity contribution is 5.93. The summed E-state index contributed by atoms with van der Waals surface area (Å²) >= 11 is 0. The van der Waals surface area contributed by atoms with Gasteiger partial charge in [-0.1, -0.05) is 0 Å². The molecule has 0 N–H and O–H groups in total. The van der Waals surface area contributed by atoms with Gasteiger partial charge in [-0.2, -0.15) is 5.10 Å². The van der Waals surface area contributed by atoms with Gasteiger partial charge >= 0.3 is 0 Å². The van der Waals surface area contributed by atoms with Crippen LogP contribution in [-0.4, -0.2) is 49.1 Å². The molecule has 128 valence electrons. The van der Waals surface area contributed by atoms with Crippen LogP contribution in [0, 0.1) is 0 Å². The van der Waals surface area contributed by atoms with Crippen LogP contribution in [-0.2, 0) is 13.5 Å². The van der Waals surface area contributed by atoms with E-state index in [9.17, 15) is 4.79 Å². The Morgan fingerprint density at radius 2 is 2.00 bits per heavy atom. The van der Waals surface area contributed by atoms with Gasteiger partial charge in [0, 0.05) is 57.2 Å². The van der Waals surface area contributed by atoms with Gasteiger partial charge in [-0.05, 0) is 30.5 Å². The van der Waals surface area contributed by atoms with Crippen LogP contribution in [0.4, 0.5) is 0 Å². The van der Waals surface area contributed by atoms with E-state index in [1.807, 2.05) is 31.6 Å². The molecule has 0 spiro atoms. The van der Waals surface area contributed by atoms with E-state index in [1.165, 1.54) is 5.56 Å². The normalized spacial score (nSPS) is 10.6. The van der Waals surface area contributed by atoms with Crippen molar-refractivity contribution >= 4 is 5.91 Å². The van der Waals surface area contributed by atoms with Crippen molar-refractivity contribution in [2.45, 2.75) is 12.8 Å². The lowest BCUT2D eigenvalue weighted by atomic mass is 10.2. The van der Waals surface area contributed by atoms with E-state index >= 15 is 0 Å². The van der Waals surface area contributed by atoms with E-state index in [0.717, 1.165) is 18.4 Å². The fourth-order valence-electron chi connectivity index (χ4n) is 2.53. The van der Waals surface area contributed by atoms with Gasteiger partial charge in [0.05, 0.1) is 11.8 Å². The molecule has 0 radical (unpaired) electrons. The van der Waals surface area contributed by atoms with E-state index in [2.05, 4.69) is 20.1 Å². The Labute approximate surface area is 146 Å². The maximum Gasteiger partial charge on any atom is 0.256 e. The molecule has 3 rings (SSSR count). The predicted molar refractivity (Wildman–Crippen MR) is 93.8 cm³/mol. The zero-order chi connectivity index (χ0) is 17.6. The molecule has 3 aromatic rings. The lowest BCUT2D eigenvalue weighted by Gasteiger charge is -2.16. The highest BCUT2D eigenvalue weighted by atomic mass is 16.2. The van der Waals surface area contributed by atoms with Gasteiger partial charge in [0.1, 0.15) is 0 Å². The molecule has 0 aliphatic carbocycles. The van der Waals surface area contributed by atoms with E-state index in [1.54, 1.807) is 41.4 Å². The molecule has 0 bridgehead atoms. The largest absolute Gasteiger partial charge is 0.342 e. The molecule has 25 heavy (non-hydrogen) atoms. The van der Waals surface area contributed by atoms with Gasteiger partial charge in [-0.15, -0.1) is 0 Å². The van der Waals surface area contributed by atoms with Crippen molar-refractivity contribution in [2.75, 3.05) is 13.6 Å². The molecule has 0 atom stereocenters. The molecule has 0 aliphatic rings. The smallest absolute Gasteiger partial charge is 0.256 e. The second-order valence-electron chi connectivity index (χ2n) is 5.89. The Balaban J connectivity index is 1.56. The van der Waals surface area contributed by atoms with Crippen molar-refractivity contribution in [3.63, 3.8) is 0 Å². The summed E-state index contributed by atoms with van der Waals surface area (Å²) in [5.74, 6) is 0.479. The average Bonchev–Trinajstić information content (AvgIpc) is 3.07. The number of hydrogen-bond acceptors (Lipinski definition) is 5. The number of carbonyl (C=O) groups is 1. The molecular formula is C18H20N6O. The summed E-state index contributed by atoms with van der Waals surface area (Å²) in [6.07, 6.45) is 12.1. The minimum absolute atomic E-state index is 0.0797. The highest BCUT2D eigenvalue weighted by Crippen LogP contribution is 2.12. The van der Waals surface area contributed by atoms with E-state index in [0.29, 0.717) is 17.9 Å². The monoisotopic (exact) mass is 336 g/mol. The Kier molecular flexibility index (Phi) is 5.13. The quantitative estimate of drug-likeness (QED) is 0.688. The van der Waals surface area contributed by atoms with Crippen molar-refractivity contribution in [3.8, 4) is 11.4 Å². The zero-order valence-electron chi connectivity index (χ0n) is 14.3.